The predicted octanol–water partition coefficient (Wildman–Crippen LogP) is 5.66. The Morgan fingerprint density at radius 3 is 2.54 bits per heavy atom. The third-order valence-electron chi connectivity index (χ3n) is 4.95. The first-order valence-corrected chi connectivity index (χ1v) is 11.3. The Morgan fingerprint density at radius 1 is 1.11 bits per heavy atom. The summed E-state index contributed by atoms with van der Waals surface area (Å²) in [5.41, 5.74) is 2.70. The van der Waals surface area contributed by atoms with Gasteiger partial charge in [0.05, 0.1) is 11.6 Å². The zero-order valence-electron chi connectivity index (χ0n) is 20.0. The maximum atomic E-state index is 12.5. The van der Waals surface area contributed by atoms with Crippen molar-refractivity contribution < 1.29 is 23.5 Å². The van der Waals surface area contributed by atoms with Gasteiger partial charge >= 0.3 is 0 Å². The van der Waals surface area contributed by atoms with Gasteiger partial charge in [0.1, 0.15) is 36.4 Å². The molecule has 0 aliphatic rings. The molecule has 0 fully saturated rings. The molecule has 0 unspecified atom stereocenters. The summed E-state index contributed by atoms with van der Waals surface area (Å²) in [4.78, 5) is 12.5. The Hall–Kier alpha value is -3.96. The molecule has 1 N–H and O–H groups in total. The fraction of sp³-hybridized carbons (Fsp3) is 0.269. The standard InChI is InChI=1S/C26H26ClN3O5/c1-5-32-23-14-19(12-20(15-28)26(31)29-24-11-18(4)35-30-24)13-22(27)25(23)34-9-8-33-21-7-6-16(2)17(3)10-21/h6-7,10-14H,5,8-9H2,1-4H3,(H,29,30,31)/b20-12-. The second kappa shape index (κ2) is 12.0. The topological polar surface area (TPSA) is 107 Å². The highest BCUT2D eigenvalue weighted by atomic mass is 35.5. The number of rotatable bonds is 10. The lowest BCUT2D eigenvalue weighted by Gasteiger charge is -2.15. The highest BCUT2D eigenvalue weighted by molar-refractivity contribution is 6.32. The molecule has 0 bridgehead atoms. The average molecular weight is 496 g/mol. The van der Waals surface area contributed by atoms with Crippen molar-refractivity contribution in [3.05, 3.63) is 69.4 Å². The van der Waals surface area contributed by atoms with Crippen molar-refractivity contribution in [2.24, 2.45) is 0 Å². The first-order chi connectivity index (χ1) is 16.8. The maximum absolute atomic E-state index is 12.5. The van der Waals surface area contributed by atoms with Gasteiger partial charge in [-0.05, 0) is 74.7 Å². The molecule has 0 saturated heterocycles. The number of hydrogen-bond acceptors (Lipinski definition) is 7. The van der Waals surface area contributed by atoms with Crippen LogP contribution in [0.2, 0.25) is 5.02 Å². The van der Waals surface area contributed by atoms with Crippen molar-refractivity contribution >= 4 is 29.4 Å². The molecule has 0 radical (unpaired) electrons. The van der Waals surface area contributed by atoms with E-state index in [0.29, 0.717) is 36.0 Å². The number of aryl methyl sites for hydroxylation is 3. The number of halogens is 1. The van der Waals surface area contributed by atoms with Crippen LogP contribution in [-0.4, -0.2) is 30.9 Å². The van der Waals surface area contributed by atoms with E-state index in [1.807, 2.05) is 45.0 Å². The van der Waals surface area contributed by atoms with Crippen LogP contribution in [0.25, 0.3) is 6.08 Å². The van der Waals surface area contributed by atoms with Gasteiger partial charge in [-0.15, -0.1) is 0 Å². The van der Waals surface area contributed by atoms with Crippen LogP contribution in [0.3, 0.4) is 0 Å². The largest absolute Gasteiger partial charge is 0.490 e. The average Bonchev–Trinajstić information content (AvgIpc) is 3.23. The van der Waals surface area contributed by atoms with Crippen molar-refractivity contribution in [3.63, 3.8) is 0 Å². The van der Waals surface area contributed by atoms with E-state index in [2.05, 4.69) is 10.5 Å². The molecule has 1 aromatic heterocycles. The minimum Gasteiger partial charge on any atom is -0.490 e. The number of anilines is 1. The summed E-state index contributed by atoms with van der Waals surface area (Å²) in [5, 5.41) is 16.0. The summed E-state index contributed by atoms with van der Waals surface area (Å²) in [6, 6.07) is 12.6. The summed E-state index contributed by atoms with van der Waals surface area (Å²) >= 11 is 6.46. The molecule has 35 heavy (non-hydrogen) atoms. The van der Waals surface area contributed by atoms with E-state index in [0.717, 1.165) is 11.3 Å². The number of carbonyl (C=O) groups excluding carboxylic acids is 1. The number of nitrogens with one attached hydrogen (secondary N) is 1. The molecule has 3 rings (SSSR count). The van der Waals surface area contributed by atoms with Gasteiger partial charge in [0, 0.05) is 6.07 Å². The van der Waals surface area contributed by atoms with Gasteiger partial charge in [-0.1, -0.05) is 22.8 Å². The number of aromatic nitrogens is 1. The molecule has 9 heteroatoms. The molecule has 8 nitrogen and oxygen atoms in total. The van der Waals surface area contributed by atoms with Crippen molar-refractivity contribution in [1.82, 2.24) is 5.16 Å². The zero-order valence-corrected chi connectivity index (χ0v) is 20.7. The van der Waals surface area contributed by atoms with Gasteiger partial charge in [-0.3, -0.25) is 4.79 Å². The Kier molecular flexibility index (Phi) is 8.76. The number of hydrogen-bond donors (Lipinski definition) is 1. The fourth-order valence-electron chi connectivity index (χ4n) is 3.11. The van der Waals surface area contributed by atoms with Crippen LogP contribution in [0.1, 0.15) is 29.4 Å². The van der Waals surface area contributed by atoms with Gasteiger partial charge in [0.2, 0.25) is 0 Å². The van der Waals surface area contributed by atoms with Crippen LogP contribution in [-0.2, 0) is 4.79 Å². The Bertz CT molecular complexity index is 1280. The third kappa shape index (κ3) is 7.01. The Morgan fingerprint density at radius 2 is 1.89 bits per heavy atom. The minimum absolute atomic E-state index is 0.139. The SMILES string of the molecule is CCOc1cc(/C=C(/C#N)C(=O)Nc2cc(C)on2)cc(Cl)c1OCCOc1ccc(C)c(C)c1. The zero-order chi connectivity index (χ0) is 25.4. The summed E-state index contributed by atoms with van der Waals surface area (Å²) in [7, 11) is 0. The van der Waals surface area contributed by atoms with Crippen molar-refractivity contribution in [2.75, 3.05) is 25.1 Å². The number of amides is 1. The molecule has 0 saturated carbocycles. The van der Waals surface area contributed by atoms with E-state index in [4.69, 9.17) is 30.3 Å². The molecule has 3 aromatic rings. The van der Waals surface area contributed by atoms with Crippen molar-refractivity contribution in [2.45, 2.75) is 27.7 Å². The summed E-state index contributed by atoms with van der Waals surface area (Å²) in [6.07, 6.45) is 1.41. The fourth-order valence-corrected chi connectivity index (χ4v) is 3.38. The normalized spacial score (nSPS) is 11.0. The second-order valence-corrected chi connectivity index (χ2v) is 8.06. The van der Waals surface area contributed by atoms with Crippen LogP contribution in [0.4, 0.5) is 5.82 Å². The van der Waals surface area contributed by atoms with Crippen molar-refractivity contribution in [3.8, 4) is 23.3 Å². The predicted molar refractivity (Wildman–Crippen MR) is 133 cm³/mol. The first kappa shape index (κ1) is 25.7. The molecule has 1 amide bonds. The van der Waals surface area contributed by atoms with Crippen LogP contribution < -0.4 is 19.5 Å². The second-order valence-electron chi connectivity index (χ2n) is 7.65. The monoisotopic (exact) mass is 495 g/mol. The number of ether oxygens (including phenoxy) is 3. The van der Waals surface area contributed by atoms with Gasteiger partial charge in [0.25, 0.3) is 5.91 Å². The van der Waals surface area contributed by atoms with Crippen LogP contribution >= 0.6 is 11.6 Å². The van der Waals surface area contributed by atoms with Crippen LogP contribution in [0, 0.1) is 32.1 Å². The minimum atomic E-state index is -0.626. The highest BCUT2D eigenvalue weighted by Crippen LogP contribution is 2.37. The lowest BCUT2D eigenvalue weighted by atomic mass is 10.1. The molecule has 182 valence electrons. The quantitative estimate of drug-likeness (QED) is 0.220. The molecule has 0 aliphatic carbocycles. The van der Waals surface area contributed by atoms with Gasteiger partial charge in [-0.25, -0.2) is 0 Å². The van der Waals surface area contributed by atoms with Gasteiger partial charge < -0.3 is 24.1 Å². The molecule has 1 heterocycles. The molecule has 2 aromatic carbocycles. The maximum Gasteiger partial charge on any atom is 0.267 e. The third-order valence-corrected chi connectivity index (χ3v) is 5.23. The van der Waals surface area contributed by atoms with E-state index in [9.17, 15) is 10.1 Å². The van der Waals surface area contributed by atoms with Gasteiger partial charge in [0.15, 0.2) is 17.3 Å². The smallest absolute Gasteiger partial charge is 0.267 e. The highest BCUT2D eigenvalue weighted by Gasteiger charge is 2.16. The number of nitriles is 1. The molecule has 0 atom stereocenters. The lowest BCUT2D eigenvalue weighted by Crippen LogP contribution is -2.13. The summed E-state index contributed by atoms with van der Waals surface area (Å²) in [5.74, 6) is 1.63. The lowest BCUT2D eigenvalue weighted by molar-refractivity contribution is -0.112. The van der Waals surface area contributed by atoms with Crippen LogP contribution in [0.15, 0.2) is 46.5 Å². The molecular formula is C26H26ClN3O5. The Balaban J connectivity index is 1.71. The van der Waals surface area contributed by atoms with E-state index in [-0.39, 0.29) is 23.0 Å². The van der Waals surface area contributed by atoms with E-state index < -0.39 is 5.91 Å². The number of benzene rings is 2. The molecule has 0 aliphatic heterocycles. The van der Waals surface area contributed by atoms with E-state index in [1.54, 1.807) is 25.1 Å². The number of carbonyl (C=O) groups is 1. The van der Waals surface area contributed by atoms with Crippen LogP contribution in [0.5, 0.6) is 17.2 Å². The number of nitrogens with zero attached hydrogens (tertiary/aromatic N) is 2. The molecular weight excluding hydrogens is 470 g/mol. The summed E-state index contributed by atoms with van der Waals surface area (Å²) < 4.78 is 22.2. The van der Waals surface area contributed by atoms with E-state index in [1.165, 1.54) is 11.6 Å². The Labute approximate surface area is 209 Å². The molecule has 0 spiro atoms. The van der Waals surface area contributed by atoms with Gasteiger partial charge in [-0.2, -0.15) is 5.26 Å². The first-order valence-electron chi connectivity index (χ1n) is 11.0. The van der Waals surface area contributed by atoms with Crippen molar-refractivity contribution in [1.29, 1.82) is 5.26 Å². The van der Waals surface area contributed by atoms with E-state index >= 15 is 0 Å². The summed E-state index contributed by atoms with van der Waals surface area (Å²) in [6.45, 7) is 8.52.